The molecular weight excluding hydrogens is 420 g/mol. The summed E-state index contributed by atoms with van der Waals surface area (Å²) in [6.07, 6.45) is 0. The molecule has 1 amide bonds. The Morgan fingerprint density at radius 2 is 1.81 bits per heavy atom. The quantitative estimate of drug-likeness (QED) is 0.525. The summed E-state index contributed by atoms with van der Waals surface area (Å²) in [5.74, 6) is -0.152. The lowest BCUT2D eigenvalue weighted by Gasteiger charge is -2.20. The summed E-state index contributed by atoms with van der Waals surface area (Å²) in [7, 11) is 2.95. The van der Waals surface area contributed by atoms with Crippen LogP contribution in [0.2, 0.25) is 0 Å². The Morgan fingerprint density at radius 1 is 1.12 bits per heavy atom. The lowest BCUT2D eigenvalue weighted by atomic mass is 10.1. The van der Waals surface area contributed by atoms with Gasteiger partial charge in [-0.3, -0.25) is 9.59 Å². The van der Waals surface area contributed by atoms with Crippen molar-refractivity contribution in [2.45, 2.75) is 33.5 Å². The maximum Gasteiger partial charge on any atom is 0.387 e. The van der Waals surface area contributed by atoms with E-state index in [1.165, 1.54) is 28.8 Å². The second-order valence-corrected chi connectivity index (χ2v) is 7.80. The van der Waals surface area contributed by atoms with Gasteiger partial charge in [-0.2, -0.15) is 13.9 Å². The minimum Gasteiger partial charge on any atom is -0.493 e. The number of carbonyl (C=O) groups excluding carboxylic acids is 1. The molecule has 1 aromatic heterocycles. The molecule has 0 unspecified atom stereocenters. The molecule has 0 N–H and O–H groups in total. The highest BCUT2D eigenvalue weighted by molar-refractivity contribution is 6.04. The van der Waals surface area contributed by atoms with E-state index < -0.39 is 6.61 Å². The van der Waals surface area contributed by atoms with Crippen molar-refractivity contribution in [3.63, 3.8) is 0 Å². The van der Waals surface area contributed by atoms with Crippen molar-refractivity contribution < 1.29 is 23.0 Å². The molecule has 0 spiro atoms. The zero-order valence-corrected chi connectivity index (χ0v) is 18.3. The van der Waals surface area contributed by atoms with Crippen LogP contribution in [0.3, 0.4) is 0 Å². The second kappa shape index (κ2) is 9.76. The van der Waals surface area contributed by atoms with E-state index in [0.29, 0.717) is 22.9 Å². The normalized spacial score (nSPS) is 11.2. The van der Waals surface area contributed by atoms with Gasteiger partial charge in [-0.15, -0.1) is 0 Å². The van der Waals surface area contributed by atoms with Crippen LogP contribution in [0.4, 0.5) is 8.78 Å². The molecular formula is C23H25F2N3O4. The number of nitrogens with zero attached hydrogens (tertiary/aromatic N) is 3. The van der Waals surface area contributed by atoms with Gasteiger partial charge in [0.25, 0.3) is 11.5 Å². The number of rotatable bonds is 8. The van der Waals surface area contributed by atoms with Crippen molar-refractivity contribution in [2.24, 2.45) is 5.92 Å². The van der Waals surface area contributed by atoms with E-state index in [9.17, 15) is 18.4 Å². The van der Waals surface area contributed by atoms with Crippen LogP contribution >= 0.6 is 0 Å². The van der Waals surface area contributed by atoms with Gasteiger partial charge in [-0.05, 0) is 29.7 Å². The lowest BCUT2D eigenvalue weighted by Crippen LogP contribution is -2.32. The molecule has 0 radical (unpaired) electrons. The number of benzene rings is 2. The first-order chi connectivity index (χ1) is 15.2. The third-order valence-corrected chi connectivity index (χ3v) is 4.82. The number of ether oxygens (including phenoxy) is 2. The molecule has 0 fully saturated rings. The van der Waals surface area contributed by atoms with Crippen LogP contribution in [0.25, 0.3) is 10.8 Å². The van der Waals surface area contributed by atoms with Crippen molar-refractivity contribution in [3.05, 3.63) is 64.1 Å². The van der Waals surface area contributed by atoms with Crippen LogP contribution in [0, 0.1) is 5.92 Å². The monoisotopic (exact) mass is 445 g/mol. The summed E-state index contributed by atoms with van der Waals surface area (Å²) in [5.41, 5.74) is 0.583. The number of halogens is 2. The molecule has 0 atom stereocenters. The maximum atomic E-state index is 13.3. The minimum absolute atomic E-state index is 0.0892. The van der Waals surface area contributed by atoms with E-state index in [-0.39, 0.29) is 41.1 Å². The molecule has 0 aliphatic carbocycles. The summed E-state index contributed by atoms with van der Waals surface area (Å²) in [5, 5.41) is 5.27. The third kappa shape index (κ3) is 5.04. The smallest absolute Gasteiger partial charge is 0.387 e. The average molecular weight is 445 g/mol. The van der Waals surface area contributed by atoms with Crippen LogP contribution < -0.4 is 15.0 Å². The number of carbonyl (C=O) groups is 1. The summed E-state index contributed by atoms with van der Waals surface area (Å²) >= 11 is 0. The molecule has 7 nitrogen and oxygen atoms in total. The second-order valence-electron chi connectivity index (χ2n) is 7.80. The molecule has 3 aromatic rings. The fourth-order valence-electron chi connectivity index (χ4n) is 3.39. The molecule has 0 aliphatic heterocycles. The summed E-state index contributed by atoms with van der Waals surface area (Å²) in [6.45, 7) is 1.51. The van der Waals surface area contributed by atoms with Crippen LogP contribution in [-0.4, -0.2) is 41.4 Å². The van der Waals surface area contributed by atoms with Crippen molar-refractivity contribution in [1.29, 1.82) is 0 Å². The molecule has 0 bridgehead atoms. The van der Waals surface area contributed by atoms with Gasteiger partial charge in [0.2, 0.25) is 0 Å². The van der Waals surface area contributed by atoms with Crippen LogP contribution in [-0.2, 0) is 13.1 Å². The first-order valence-electron chi connectivity index (χ1n) is 10.1. The highest BCUT2D eigenvalue weighted by atomic mass is 19.3. The van der Waals surface area contributed by atoms with Crippen LogP contribution in [0.15, 0.2) is 47.3 Å². The van der Waals surface area contributed by atoms with Crippen molar-refractivity contribution in [3.8, 4) is 11.5 Å². The third-order valence-electron chi connectivity index (χ3n) is 4.82. The first kappa shape index (κ1) is 23.2. The maximum absolute atomic E-state index is 13.3. The van der Waals surface area contributed by atoms with Gasteiger partial charge in [0.15, 0.2) is 17.2 Å². The van der Waals surface area contributed by atoms with Crippen molar-refractivity contribution >= 4 is 16.7 Å². The van der Waals surface area contributed by atoms with E-state index in [0.717, 1.165) is 0 Å². The molecule has 1 heterocycles. The standard InChI is InChI=1S/C23H25F2N3O4/c1-14(2)12-28-21(29)17-8-6-5-7-16(17)20(26-28)22(30)27(3)13-15-9-10-18(32-23(24)25)19(11-15)31-4/h5-11,14,23H,12-13H2,1-4H3. The SMILES string of the molecule is COc1cc(CN(C)C(=O)c2nn(CC(C)C)c(=O)c3ccccc23)ccc1OC(F)F. The number of aromatic nitrogens is 2. The number of hydrogen-bond acceptors (Lipinski definition) is 5. The molecule has 0 saturated carbocycles. The fraction of sp³-hybridized carbons (Fsp3) is 0.348. The van der Waals surface area contributed by atoms with E-state index in [2.05, 4.69) is 9.84 Å². The molecule has 0 saturated heterocycles. The summed E-state index contributed by atoms with van der Waals surface area (Å²) in [6, 6.07) is 11.4. The van der Waals surface area contributed by atoms with E-state index in [4.69, 9.17) is 4.74 Å². The van der Waals surface area contributed by atoms with Crippen LogP contribution in [0.1, 0.15) is 29.9 Å². The van der Waals surface area contributed by atoms with Crippen molar-refractivity contribution in [1.82, 2.24) is 14.7 Å². The van der Waals surface area contributed by atoms with Gasteiger partial charge in [0, 0.05) is 25.5 Å². The largest absolute Gasteiger partial charge is 0.493 e. The van der Waals surface area contributed by atoms with E-state index in [1.807, 2.05) is 13.8 Å². The fourth-order valence-corrected chi connectivity index (χ4v) is 3.39. The van der Waals surface area contributed by atoms with E-state index >= 15 is 0 Å². The topological polar surface area (TPSA) is 73.7 Å². The van der Waals surface area contributed by atoms with Gasteiger partial charge < -0.3 is 14.4 Å². The Kier molecular flexibility index (Phi) is 7.07. The minimum atomic E-state index is -2.97. The van der Waals surface area contributed by atoms with Gasteiger partial charge in [-0.1, -0.05) is 38.1 Å². The van der Waals surface area contributed by atoms with Gasteiger partial charge >= 0.3 is 6.61 Å². The Hall–Kier alpha value is -3.49. The first-order valence-corrected chi connectivity index (χ1v) is 10.1. The number of methoxy groups -OCH3 is 1. The van der Waals surface area contributed by atoms with Gasteiger partial charge in [0.05, 0.1) is 12.5 Å². The molecule has 32 heavy (non-hydrogen) atoms. The Labute approximate surface area is 184 Å². The number of fused-ring (bicyclic) bond motifs is 1. The predicted octanol–water partition coefficient (Wildman–Crippen LogP) is 3.93. The summed E-state index contributed by atoms with van der Waals surface area (Å²) < 4.78 is 36.0. The van der Waals surface area contributed by atoms with Gasteiger partial charge in [-0.25, -0.2) is 4.68 Å². The Morgan fingerprint density at radius 3 is 2.44 bits per heavy atom. The highest BCUT2D eigenvalue weighted by Gasteiger charge is 2.21. The van der Waals surface area contributed by atoms with E-state index in [1.54, 1.807) is 37.4 Å². The van der Waals surface area contributed by atoms with Crippen molar-refractivity contribution in [2.75, 3.05) is 14.2 Å². The number of hydrogen-bond donors (Lipinski definition) is 0. The lowest BCUT2D eigenvalue weighted by molar-refractivity contribution is -0.0512. The zero-order chi connectivity index (χ0) is 23.4. The molecule has 3 rings (SSSR count). The average Bonchev–Trinajstić information content (AvgIpc) is 2.75. The highest BCUT2D eigenvalue weighted by Crippen LogP contribution is 2.30. The zero-order valence-electron chi connectivity index (χ0n) is 18.3. The number of amides is 1. The predicted molar refractivity (Wildman–Crippen MR) is 116 cm³/mol. The number of alkyl halides is 2. The molecule has 9 heteroatoms. The Bertz CT molecular complexity index is 1180. The molecule has 0 aliphatic rings. The Balaban J connectivity index is 1.94. The molecule has 170 valence electrons. The molecule has 2 aromatic carbocycles. The summed E-state index contributed by atoms with van der Waals surface area (Å²) in [4.78, 5) is 27.5. The van der Waals surface area contributed by atoms with Crippen LogP contribution in [0.5, 0.6) is 11.5 Å². The van der Waals surface area contributed by atoms with Gasteiger partial charge in [0.1, 0.15) is 0 Å².